The molecular weight excluding hydrogens is 338 g/mol. The summed E-state index contributed by atoms with van der Waals surface area (Å²) >= 11 is 3.51. The highest BCUT2D eigenvalue weighted by Crippen LogP contribution is 2.26. The van der Waals surface area contributed by atoms with Crippen LogP contribution in [0, 0.1) is 0 Å². The van der Waals surface area contributed by atoms with Crippen molar-refractivity contribution < 1.29 is 0 Å². The smallest absolute Gasteiger partial charge is 0.0741 e. The summed E-state index contributed by atoms with van der Waals surface area (Å²) in [5.74, 6) is 0. The second-order valence-corrected chi connectivity index (χ2v) is 5.96. The van der Waals surface area contributed by atoms with Crippen LogP contribution in [0.2, 0.25) is 0 Å². The lowest BCUT2D eigenvalue weighted by molar-refractivity contribution is 0.910. The number of pyridine rings is 1. The summed E-state index contributed by atoms with van der Waals surface area (Å²) < 4.78 is 3.00. The highest BCUT2D eigenvalue weighted by molar-refractivity contribution is 9.10. The van der Waals surface area contributed by atoms with Crippen molar-refractivity contribution in [3.8, 4) is 16.8 Å². The number of aromatic nitrogens is 3. The monoisotopic (exact) mass is 349 g/mol. The van der Waals surface area contributed by atoms with Crippen molar-refractivity contribution in [2.75, 3.05) is 0 Å². The Morgan fingerprint density at radius 1 is 0.864 bits per heavy atom. The van der Waals surface area contributed by atoms with Crippen molar-refractivity contribution in [2.24, 2.45) is 0 Å². The Balaban J connectivity index is 1.84. The zero-order valence-electron chi connectivity index (χ0n) is 11.6. The predicted octanol–water partition coefficient (Wildman–Crippen LogP) is 4.85. The fraction of sp³-hybridized carbons (Fsp3) is 0. The minimum atomic E-state index is 1.04. The zero-order valence-corrected chi connectivity index (χ0v) is 13.2. The van der Waals surface area contributed by atoms with Gasteiger partial charge in [0.25, 0.3) is 0 Å². The molecule has 0 fully saturated rings. The maximum absolute atomic E-state index is 4.52. The molecule has 22 heavy (non-hydrogen) atoms. The predicted molar refractivity (Wildman–Crippen MR) is 92.0 cm³/mol. The number of halogens is 1. The van der Waals surface area contributed by atoms with Crippen molar-refractivity contribution in [3.05, 3.63) is 77.7 Å². The minimum absolute atomic E-state index is 1.04. The van der Waals surface area contributed by atoms with Crippen LogP contribution in [-0.2, 0) is 0 Å². The number of nitrogens with zero attached hydrogens (tertiary/aromatic N) is 3. The van der Waals surface area contributed by atoms with Gasteiger partial charge >= 0.3 is 0 Å². The van der Waals surface area contributed by atoms with E-state index in [9.17, 15) is 0 Å². The first-order chi connectivity index (χ1) is 10.8. The lowest BCUT2D eigenvalue weighted by Gasteiger charge is -2.05. The standard InChI is InChI=1S/C18H12BrN3/c19-16-2-1-3-17(11-16)22-18-5-4-14(10-15(18)12-21-22)13-6-8-20-9-7-13/h1-12H. The van der Waals surface area contributed by atoms with Crippen LogP contribution in [0.25, 0.3) is 27.7 Å². The van der Waals surface area contributed by atoms with Crippen molar-refractivity contribution in [2.45, 2.75) is 0 Å². The largest absolute Gasteiger partial charge is 0.265 e. The van der Waals surface area contributed by atoms with Gasteiger partial charge in [0.1, 0.15) is 0 Å². The van der Waals surface area contributed by atoms with E-state index in [2.05, 4.69) is 50.3 Å². The van der Waals surface area contributed by atoms with Gasteiger partial charge in [-0.2, -0.15) is 5.10 Å². The quantitative estimate of drug-likeness (QED) is 0.517. The fourth-order valence-corrected chi connectivity index (χ4v) is 2.96. The first kappa shape index (κ1) is 13.2. The lowest BCUT2D eigenvalue weighted by Crippen LogP contribution is -1.95. The molecule has 4 heteroatoms. The lowest BCUT2D eigenvalue weighted by atomic mass is 10.1. The van der Waals surface area contributed by atoms with Gasteiger partial charge in [-0.05, 0) is 53.6 Å². The molecule has 0 saturated heterocycles. The zero-order chi connectivity index (χ0) is 14.9. The Hall–Kier alpha value is -2.46. The van der Waals surface area contributed by atoms with Crippen LogP contribution in [0.5, 0.6) is 0 Å². The number of benzene rings is 2. The molecule has 2 aromatic heterocycles. The summed E-state index contributed by atoms with van der Waals surface area (Å²) in [4.78, 5) is 4.06. The molecule has 0 unspecified atom stereocenters. The van der Waals surface area contributed by atoms with Crippen molar-refractivity contribution in [1.29, 1.82) is 0 Å². The van der Waals surface area contributed by atoms with Gasteiger partial charge in [0.2, 0.25) is 0 Å². The van der Waals surface area contributed by atoms with Gasteiger partial charge in [0.15, 0.2) is 0 Å². The van der Waals surface area contributed by atoms with Crippen LogP contribution in [0.1, 0.15) is 0 Å². The Morgan fingerprint density at radius 3 is 2.55 bits per heavy atom. The molecule has 0 aliphatic heterocycles. The molecule has 2 heterocycles. The van der Waals surface area contributed by atoms with E-state index >= 15 is 0 Å². The molecular formula is C18H12BrN3. The Morgan fingerprint density at radius 2 is 1.73 bits per heavy atom. The molecule has 0 aliphatic carbocycles. The molecule has 0 bridgehead atoms. The first-order valence-electron chi connectivity index (χ1n) is 6.95. The van der Waals surface area contributed by atoms with Gasteiger partial charge in [0.05, 0.1) is 17.4 Å². The molecule has 0 spiro atoms. The molecule has 4 aromatic rings. The van der Waals surface area contributed by atoms with E-state index in [0.29, 0.717) is 0 Å². The third kappa shape index (κ3) is 2.31. The van der Waals surface area contributed by atoms with Crippen molar-refractivity contribution in [1.82, 2.24) is 14.8 Å². The minimum Gasteiger partial charge on any atom is -0.265 e. The Kier molecular flexibility index (Phi) is 3.24. The van der Waals surface area contributed by atoms with E-state index < -0.39 is 0 Å². The van der Waals surface area contributed by atoms with Crippen LogP contribution in [0.3, 0.4) is 0 Å². The molecule has 0 N–H and O–H groups in total. The van der Waals surface area contributed by atoms with E-state index in [4.69, 9.17) is 0 Å². The number of hydrogen-bond donors (Lipinski definition) is 0. The van der Waals surface area contributed by atoms with E-state index in [1.54, 1.807) is 0 Å². The van der Waals surface area contributed by atoms with Crippen LogP contribution >= 0.6 is 15.9 Å². The topological polar surface area (TPSA) is 30.7 Å². The normalized spacial score (nSPS) is 11.0. The molecule has 106 valence electrons. The molecule has 2 aromatic carbocycles. The Bertz CT molecular complexity index is 945. The second kappa shape index (κ2) is 5.39. The van der Waals surface area contributed by atoms with Crippen molar-refractivity contribution >= 4 is 26.8 Å². The van der Waals surface area contributed by atoms with Crippen LogP contribution in [-0.4, -0.2) is 14.8 Å². The van der Waals surface area contributed by atoms with Gasteiger partial charge in [0, 0.05) is 22.3 Å². The van der Waals surface area contributed by atoms with Crippen LogP contribution in [0.15, 0.2) is 77.7 Å². The Labute approximate surface area is 136 Å². The molecule has 3 nitrogen and oxygen atoms in total. The van der Waals surface area contributed by atoms with E-state index in [-0.39, 0.29) is 0 Å². The summed E-state index contributed by atoms with van der Waals surface area (Å²) in [6, 6.07) is 18.5. The summed E-state index contributed by atoms with van der Waals surface area (Å²) in [6.07, 6.45) is 5.52. The van der Waals surface area contributed by atoms with E-state index in [0.717, 1.165) is 26.6 Å². The molecule has 0 saturated carbocycles. The first-order valence-corrected chi connectivity index (χ1v) is 7.75. The highest BCUT2D eigenvalue weighted by atomic mass is 79.9. The summed E-state index contributed by atoms with van der Waals surface area (Å²) in [5.41, 5.74) is 4.47. The van der Waals surface area contributed by atoms with Crippen molar-refractivity contribution in [3.63, 3.8) is 0 Å². The fourth-order valence-electron chi connectivity index (χ4n) is 2.57. The molecule has 0 aliphatic rings. The molecule has 0 radical (unpaired) electrons. The second-order valence-electron chi connectivity index (χ2n) is 5.05. The maximum Gasteiger partial charge on any atom is 0.0741 e. The van der Waals surface area contributed by atoms with Gasteiger partial charge in [-0.15, -0.1) is 0 Å². The van der Waals surface area contributed by atoms with Gasteiger partial charge in [-0.3, -0.25) is 4.98 Å². The van der Waals surface area contributed by atoms with Gasteiger partial charge in [-0.25, -0.2) is 4.68 Å². The average Bonchev–Trinajstić information content (AvgIpc) is 2.99. The number of rotatable bonds is 2. The molecule has 0 amide bonds. The number of hydrogen-bond acceptors (Lipinski definition) is 2. The molecule has 0 atom stereocenters. The average molecular weight is 350 g/mol. The van der Waals surface area contributed by atoms with E-state index in [1.165, 1.54) is 5.56 Å². The van der Waals surface area contributed by atoms with E-state index in [1.807, 2.05) is 53.6 Å². The van der Waals surface area contributed by atoms with Crippen LogP contribution in [0.4, 0.5) is 0 Å². The third-order valence-corrected chi connectivity index (χ3v) is 4.13. The highest BCUT2D eigenvalue weighted by Gasteiger charge is 2.07. The maximum atomic E-state index is 4.52. The summed E-state index contributed by atoms with van der Waals surface area (Å²) in [7, 11) is 0. The van der Waals surface area contributed by atoms with Crippen LogP contribution < -0.4 is 0 Å². The SMILES string of the molecule is Brc1cccc(-n2ncc3cc(-c4ccncc4)ccc32)c1. The third-order valence-electron chi connectivity index (χ3n) is 3.63. The summed E-state index contributed by atoms with van der Waals surface area (Å²) in [6.45, 7) is 0. The molecule has 4 rings (SSSR count). The van der Waals surface area contributed by atoms with Gasteiger partial charge < -0.3 is 0 Å². The number of fused-ring (bicyclic) bond motifs is 1. The summed E-state index contributed by atoms with van der Waals surface area (Å²) in [5, 5.41) is 5.64. The van der Waals surface area contributed by atoms with Gasteiger partial charge in [-0.1, -0.05) is 28.1 Å².